The molecule has 8 heteroatoms. The van der Waals surface area contributed by atoms with Crippen LogP contribution in [0.25, 0.3) is 0 Å². The summed E-state index contributed by atoms with van der Waals surface area (Å²) < 4.78 is 32.4. The molecule has 0 amide bonds. The first kappa shape index (κ1) is 19.1. The van der Waals surface area contributed by atoms with E-state index in [9.17, 15) is 13.2 Å². The molecule has 1 aliphatic rings. The van der Waals surface area contributed by atoms with Crippen molar-refractivity contribution in [3.8, 4) is 0 Å². The van der Waals surface area contributed by atoms with Crippen LogP contribution in [0.5, 0.6) is 0 Å². The second kappa shape index (κ2) is 7.54. The lowest BCUT2D eigenvalue weighted by molar-refractivity contribution is 0.0872. The van der Waals surface area contributed by atoms with E-state index in [2.05, 4.69) is 5.16 Å². The number of benzene rings is 1. The van der Waals surface area contributed by atoms with Gasteiger partial charge in [0, 0.05) is 29.5 Å². The number of carbonyl (C=O) groups excluding carboxylic acids is 1. The van der Waals surface area contributed by atoms with Crippen molar-refractivity contribution < 1.29 is 17.7 Å². The summed E-state index contributed by atoms with van der Waals surface area (Å²) in [5.41, 5.74) is 0.980. The number of piperidine rings is 1. The smallest absolute Gasteiger partial charge is 0.248 e. The minimum atomic E-state index is -3.72. The molecule has 1 aromatic heterocycles. The number of ketones is 1. The Kier molecular flexibility index (Phi) is 5.55. The molecule has 0 saturated carbocycles. The van der Waals surface area contributed by atoms with Crippen LogP contribution < -0.4 is 0 Å². The Labute approximate surface area is 158 Å². The molecule has 1 aliphatic heterocycles. The highest BCUT2D eigenvalue weighted by molar-refractivity contribution is 7.98. The van der Waals surface area contributed by atoms with E-state index in [1.165, 1.54) is 4.31 Å². The van der Waals surface area contributed by atoms with E-state index in [1.807, 2.05) is 30.5 Å². The normalized spacial score (nSPS) is 18.8. The minimum Gasteiger partial charge on any atom is -0.360 e. The van der Waals surface area contributed by atoms with Gasteiger partial charge in [-0.15, -0.1) is 11.8 Å². The van der Waals surface area contributed by atoms with Crippen LogP contribution in [0.1, 0.15) is 34.7 Å². The van der Waals surface area contributed by atoms with Crippen LogP contribution in [0, 0.1) is 19.8 Å². The molecular formula is C18H22N2O4S2. The molecule has 2 heterocycles. The lowest BCUT2D eigenvalue weighted by Gasteiger charge is -2.31. The maximum Gasteiger partial charge on any atom is 0.248 e. The molecule has 1 aromatic carbocycles. The van der Waals surface area contributed by atoms with Crippen LogP contribution in [-0.4, -0.2) is 43.0 Å². The Bertz CT molecular complexity index is 884. The first-order valence-corrected chi connectivity index (χ1v) is 11.1. The van der Waals surface area contributed by atoms with Crippen LogP contribution in [-0.2, 0) is 10.0 Å². The van der Waals surface area contributed by atoms with E-state index in [1.54, 1.807) is 25.6 Å². The Morgan fingerprint density at radius 3 is 2.54 bits per heavy atom. The quantitative estimate of drug-likeness (QED) is 0.572. The van der Waals surface area contributed by atoms with E-state index < -0.39 is 10.0 Å². The average Bonchev–Trinajstić information content (AvgIpc) is 3.00. The predicted octanol–water partition coefficient (Wildman–Crippen LogP) is 3.30. The van der Waals surface area contributed by atoms with E-state index in [-0.39, 0.29) is 28.9 Å². The number of nitrogens with zero attached hydrogens (tertiary/aromatic N) is 2. The molecule has 6 nitrogen and oxygen atoms in total. The lowest BCUT2D eigenvalue weighted by Crippen LogP contribution is -2.42. The van der Waals surface area contributed by atoms with Crippen LogP contribution >= 0.6 is 11.8 Å². The third-order valence-electron chi connectivity index (χ3n) is 4.70. The number of carbonyl (C=O) groups is 1. The van der Waals surface area contributed by atoms with Gasteiger partial charge < -0.3 is 4.52 Å². The van der Waals surface area contributed by atoms with E-state index in [4.69, 9.17) is 4.52 Å². The van der Waals surface area contributed by atoms with E-state index in [0.717, 1.165) is 4.90 Å². The molecule has 1 fully saturated rings. The van der Waals surface area contributed by atoms with Gasteiger partial charge in [-0.2, -0.15) is 4.31 Å². The molecule has 0 spiro atoms. The van der Waals surface area contributed by atoms with Crippen molar-refractivity contribution in [3.63, 3.8) is 0 Å². The molecule has 1 atom stereocenters. The van der Waals surface area contributed by atoms with Crippen molar-refractivity contribution in [2.24, 2.45) is 5.92 Å². The average molecular weight is 395 g/mol. The van der Waals surface area contributed by atoms with Gasteiger partial charge in [0.05, 0.1) is 0 Å². The summed E-state index contributed by atoms with van der Waals surface area (Å²) in [4.78, 5) is 14.0. The molecule has 2 aromatic rings. The maximum absolute atomic E-state index is 13.0. The van der Waals surface area contributed by atoms with Gasteiger partial charge in [0.15, 0.2) is 11.5 Å². The lowest BCUT2D eigenvalue weighted by atomic mass is 9.91. The Morgan fingerprint density at radius 2 is 1.96 bits per heavy atom. The third-order valence-corrected chi connectivity index (χ3v) is 7.55. The standard InChI is InChI=1S/C18H22N2O4S2/c1-12-18(13(2)24-19-12)26(22,23)20-10-4-5-15(11-20)17(21)14-6-8-16(25-3)9-7-14/h6-9,15H,4-5,10-11H2,1-3H3/t15-/m1/s1. The summed E-state index contributed by atoms with van der Waals surface area (Å²) in [6, 6.07) is 7.46. The number of aryl methyl sites for hydroxylation is 2. The Hall–Kier alpha value is -1.64. The van der Waals surface area contributed by atoms with Gasteiger partial charge in [-0.25, -0.2) is 8.42 Å². The topological polar surface area (TPSA) is 80.5 Å². The van der Waals surface area contributed by atoms with Crippen molar-refractivity contribution in [1.82, 2.24) is 9.46 Å². The maximum atomic E-state index is 13.0. The summed E-state index contributed by atoms with van der Waals surface area (Å²) in [6.07, 6.45) is 3.33. The molecular weight excluding hydrogens is 372 g/mol. The molecule has 0 aliphatic carbocycles. The number of hydrogen-bond donors (Lipinski definition) is 0. The van der Waals surface area contributed by atoms with Gasteiger partial charge >= 0.3 is 0 Å². The van der Waals surface area contributed by atoms with Crippen molar-refractivity contribution in [1.29, 1.82) is 0 Å². The molecule has 3 rings (SSSR count). The van der Waals surface area contributed by atoms with Crippen LogP contribution in [0.3, 0.4) is 0 Å². The van der Waals surface area contributed by atoms with E-state index in [0.29, 0.717) is 30.6 Å². The number of aromatic nitrogens is 1. The van der Waals surface area contributed by atoms with Gasteiger partial charge in [0.2, 0.25) is 10.0 Å². The zero-order chi connectivity index (χ0) is 18.9. The fourth-order valence-corrected chi connectivity index (χ4v) is 5.56. The summed E-state index contributed by atoms with van der Waals surface area (Å²) in [7, 11) is -3.72. The van der Waals surface area contributed by atoms with Crippen LogP contribution in [0.4, 0.5) is 0 Å². The first-order chi connectivity index (χ1) is 12.3. The summed E-state index contributed by atoms with van der Waals surface area (Å²) in [5, 5.41) is 3.75. The van der Waals surface area contributed by atoms with Crippen LogP contribution in [0.15, 0.2) is 38.6 Å². The van der Waals surface area contributed by atoms with Gasteiger partial charge in [0.25, 0.3) is 0 Å². The summed E-state index contributed by atoms with van der Waals surface area (Å²) >= 11 is 1.62. The molecule has 0 N–H and O–H groups in total. The molecule has 0 unspecified atom stereocenters. The Balaban J connectivity index is 1.81. The van der Waals surface area contributed by atoms with Crippen LogP contribution in [0.2, 0.25) is 0 Å². The minimum absolute atomic E-state index is 0.00341. The Morgan fingerprint density at radius 1 is 1.27 bits per heavy atom. The van der Waals surface area contributed by atoms with Gasteiger partial charge in [-0.1, -0.05) is 17.3 Å². The number of thioether (sulfide) groups is 1. The molecule has 1 saturated heterocycles. The number of sulfonamides is 1. The SMILES string of the molecule is CSc1ccc(C(=O)[C@@H]2CCCN(S(=O)(=O)c3c(C)noc3C)C2)cc1. The zero-order valence-electron chi connectivity index (χ0n) is 15.1. The number of Topliss-reactive ketones (excluding diaryl/α,β-unsaturated/α-hetero) is 1. The fraction of sp³-hybridized carbons (Fsp3) is 0.444. The van der Waals surface area contributed by atoms with E-state index >= 15 is 0 Å². The fourth-order valence-electron chi connectivity index (χ4n) is 3.34. The third kappa shape index (κ3) is 3.58. The summed E-state index contributed by atoms with van der Waals surface area (Å²) in [5.74, 6) is -0.0564. The highest BCUT2D eigenvalue weighted by atomic mass is 32.2. The molecule has 26 heavy (non-hydrogen) atoms. The number of rotatable bonds is 5. The molecule has 0 radical (unpaired) electrons. The first-order valence-electron chi connectivity index (χ1n) is 8.46. The molecule has 0 bridgehead atoms. The highest BCUT2D eigenvalue weighted by Gasteiger charge is 2.36. The largest absolute Gasteiger partial charge is 0.360 e. The van der Waals surface area contributed by atoms with Gasteiger partial charge in [-0.3, -0.25) is 4.79 Å². The predicted molar refractivity (Wildman–Crippen MR) is 100 cm³/mol. The van der Waals surface area contributed by atoms with Crippen molar-refractivity contribution in [2.75, 3.05) is 19.3 Å². The van der Waals surface area contributed by atoms with Crippen molar-refractivity contribution in [2.45, 2.75) is 36.5 Å². The monoisotopic (exact) mass is 394 g/mol. The summed E-state index contributed by atoms with van der Waals surface area (Å²) in [6.45, 7) is 3.80. The van der Waals surface area contributed by atoms with Crippen molar-refractivity contribution in [3.05, 3.63) is 41.3 Å². The number of hydrogen-bond acceptors (Lipinski definition) is 6. The van der Waals surface area contributed by atoms with Gasteiger partial charge in [0.1, 0.15) is 10.6 Å². The molecule has 140 valence electrons. The van der Waals surface area contributed by atoms with Gasteiger partial charge in [-0.05, 0) is 45.1 Å². The second-order valence-electron chi connectivity index (χ2n) is 6.45. The van der Waals surface area contributed by atoms with Crippen molar-refractivity contribution >= 4 is 27.6 Å². The zero-order valence-corrected chi connectivity index (χ0v) is 16.7. The highest BCUT2D eigenvalue weighted by Crippen LogP contribution is 2.29. The second-order valence-corrected chi connectivity index (χ2v) is 9.20.